The lowest BCUT2D eigenvalue weighted by atomic mass is 10.2. The van der Waals surface area contributed by atoms with E-state index in [0.29, 0.717) is 0 Å². The summed E-state index contributed by atoms with van der Waals surface area (Å²) in [6, 6.07) is 5.74. The third-order valence-electron chi connectivity index (χ3n) is 2.02. The minimum absolute atomic E-state index is 0.261. The van der Waals surface area contributed by atoms with Crippen LogP contribution in [0.25, 0.3) is 0 Å². The van der Waals surface area contributed by atoms with Crippen molar-refractivity contribution in [1.82, 2.24) is 4.98 Å². The largest absolute Gasteiger partial charge is 0.391 e. The van der Waals surface area contributed by atoms with Crippen LogP contribution in [-0.4, -0.2) is 23.9 Å². The van der Waals surface area contributed by atoms with Gasteiger partial charge in [0.25, 0.3) is 0 Å². The van der Waals surface area contributed by atoms with Crippen LogP contribution in [0.3, 0.4) is 0 Å². The van der Waals surface area contributed by atoms with E-state index in [1.54, 1.807) is 0 Å². The Morgan fingerprint density at radius 3 is 2.88 bits per heavy atom. The zero-order chi connectivity index (χ0) is 12.7. The molecule has 5 nitrogen and oxygen atoms in total. The molecule has 0 fully saturated rings. The maximum absolute atomic E-state index is 5.12. The molecule has 0 aliphatic carbocycles. The zero-order valence-electron chi connectivity index (χ0n) is 10.1. The Balaban J connectivity index is 2.52. The van der Waals surface area contributed by atoms with Crippen molar-refractivity contribution in [3.63, 3.8) is 0 Å². The normalized spacial score (nSPS) is 11.4. The second-order valence-corrected chi connectivity index (χ2v) is 3.68. The van der Waals surface area contributed by atoms with E-state index in [1.165, 1.54) is 0 Å². The second-order valence-electron chi connectivity index (χ2n) is 3.68. The summed E-state index contributed by atoms with van der Waals surface area (Å²) in [4.78, 5) is 13.9. The molecule has 5 heteroatoms. The minimum Gasteiger partial charge on any atom is -0.391 e. The van der Waals surface area contributed by atoms with Gasteiger partial charge in [-0.15, -0.1) is 0 Å². The van der Waals surface area contributed by atoms with Crippen LogP contribution in [0.4, 0.5) is 0 Å². The Bertz CT molecular complexity index is 416. The number of nitrogens with two attached hydrogens (primary N) is 1. The first-order chi connectivity index (χ1) is 8.13. The molecule has 1 heterocycles. The SMILES string of the molecule is C=C(CON)CO/N=C(\C)c1cccc(C)n1. The van der Waals surface area contributed by atoms with Crippen molar-refractivity contribution in [3.8, 4) is 0 Å². The fraction of sp³-hybridized carbons (Fsp3) is 0.333. The molecule has 92 valence electrons. The summed E-state index contributed by atoms with van der Waals surface area (Å²) < 4.78 is 0. The number of aromatic nitrogens is 1. The number of hydrogen-bond acceptors (Lipinski definition) is 5. The number of oxime groups is 1. The molecule has 0 radical (unpaired) electrons. The molecule has 0 bridgehead atoms. The van der Waals surface area contributed by atoms with Crippen molar-refractivity contribution in [3.05, 3.63) is 41.7 Å². The third-order valence-corrected chi connectivity index (χ3v) is 2.02. The third kappa shape index (κ3) is 4.76. The van der Waals surface area contributed by atoms with E-state index in [9.17, 15) is 0 Å². The lowest BCUT2D eigenvalue weighted by Crippen LogP contribution is -2.07. The summed E-state index contributed by atoms with van der Waals surface area (Å²) in [6.07, 6.45) is 0. The van der Waals surface area contributed by atoms with Crippen LogP contribution < -0.4 is 5.90 Å². The highest BCUT2D eigenvalue weighted by molar-refractivity contribution is 5.96. The maximum Gasteiger partial charge on any atom is 0.140 e. The summed E-state index contributed by atoms with van der Waals surface area (Å²) in [7, 11) is 0. The predicted octanol–water partition coefficient (Wildman–Crippen LogP) is 1.58. The second kappa shape index (κ2) is 6.78. The average Bonchev–Trinajstić information content (AvgIpc) is 2.29. The first-order valence-electron chi connectivity index (χ1n) is 5.22. The van der Waals surface area contributed by atoms with Crippen molar-refractivity contribution in [1.29, 1.82) is 0 Å². The van der Waals surface area contributed by atoms with E-state index in [-0.39, 0.29) is 13.2 Å². The number of rotatable bonds is 6. The van der Waals surface area contributed by atoms with Crippen molar-refractivity contribution in [2.75, 3.05) is 13.2 Å². The summed E-state index contributed by atoms with van der Waals surface area (Å²) in [5.74, 6) is 4.91. The Hall–Kier alpha value is -1.72. The summed E-state index contributed by atoms with van der Waals surface area (Å²) in [5.41, 5.74) is 3.18. The van der Waals surface area contributed by atoms with Gasteiger partial charge in [0.2, 0.25) is 0 Å². The van der Waals surface area contributed by atoms with Gasteiger partial charge in [0.05, 0.1) is 12.3 Å². The summed E-state index contributed by atoms with van der Waals surface area (Å²) in [6.45, 7) is 8.02. The van der Waals surface area contributed by atoms with Gasteiger partial charge in [0.15, 0.2) is 0 Å². The van der Waals surface area contributed by atoms with Crippen molar-refractivity contribution in [2.45, 2.75) is 13.8 Å². The summed E-state index contributed by atoms with van der Waals surface area (Å²) >= 11 is 0. The van der Waals surface area contributed by atoms with Crippen LogP contribution in [-0.2, 0) is 9.68 Å². The minimum atomic E-state index is 0.261. The lowest BCUT2D eigenvalue weighted by molar-refractivity contribution is 0.125. The Kier molecular flexibility index (Phi) is 5.32. The van der Waals surface area contributed by atoms with E-state index >= 15 is 0 Å². The number of hydrogen-bond donors (Lipinski definition) is 1. The van der Waals surface area contributed by atoms with Gasteiger partial charge < -0.3 is 9.68 Å². The van der Waals surface area contributed by atoms with Gasteiger partial charge in [-0.05, 0) is 31.6 Å². The number of nitrogens with zero attached hydrogens (tertiary/aromatic N) is 2. The van der Waals surface area contributed by atoms with Crippen LogP contribution in [0.2, 0.25) is 0 Å². The van der Waals surface area contributed by atoms with Crippen LogP contribution >= 0.6 is 0 Å². The van der Waals surface area contributed by atoms with Gasteiger partial charge in [-0.25, -0.2) is 5.90 Å². The van der Waals surface area contributed by atoms with E-state index < -0.39 is 0 Å². The highest BCUT2D eigenvalue weighted by Gasteiger charge is 2.00. The molecule has 2 N–H and O–H groups in total. The quantitative estimate of drug-likeness (QED) is 0.461. The zero-order valence-corrected chi connectivity index (χ0v) is 10.1. The van der Waals surface area contributed by atoms with Gasteiger partial charge in [-0.3, -0.25) is 4.98 Å². The molecule has 0 amide bonds. The van der Waals surface area contributed by atoms with Crippen LogP contribution in [0.5, 0.6) is 0 Å². The Morgan fingerprint density at radius 1 is 1.47 bits per heavy atom. The molecule has 0 aliphatic heterocycles. The Morgan fingerprint density at radius 2 is 2.24 bits per heavy atom. The monoisotopic (exact) mass is 235 g/mol. The number of pyridine rings is 1. The topological polar surface area (TPSA) is 69.7 Å². The van der Waals surface area contributed by atoms with Gasteiger partial charge in [0.1, 0.15) is 12.3 Å². The van der Waals surface area contributed by atoms with Gasteiger partial charge >= 0.3 is 0 Å². The first-order valence-corrected chi connectivity index (χ1v) is 5.22. The summed E-state index contributed by atoms with van der Waals surface area (Å²) in [5, 5.41) is 3.95. The molecule has 0 spiro atoms. The molecule has 0 aromatic carbocycles. The molecule has 1 aromatic heterocycles. The molecule has 0 saturated carbocycles. The van der Waals surface area contributed by atoms with E-state index in [1.807, 2.05) is 32.0 Å². The van der Waals surface area contributed by atoms with Gasteiger partial charge in [0, 0.05) is 5.69 Å². The molecule has 0 saturated heterocycles. The standard InChI is InChI=1S/C12H17N3O2/c1-9(7-16-13)8-17-15-11(3)12-6-4-5-10(2)14-12/h4-6H,1,7-8,13H2,2-3H3/b15-11+. The molecule has 0 unspecified atom stereocenters. The Labute approximate surface area is 101 Å². The van der Waals surface area contributed by atoms with Crippen molar-refractivity contribution < 1.29 is 9.68 Å². The molecular weight excluding hydrogens is 218 g/mol. The van der Waals surface area contributed by atoms with E-state index in [0.717, 1.165) is 22.7 Å². The van der Waals surface area contributed by atoms with Gasteiger partial charge in [-0.1, -0.05) is 17.8 Å². The maximum atomic E-state index is 5.12. The molecule has 17 heavy (non-hydrogen) atoms. The highest BCUT2D eigenvalue weighted by atomic mass is 16.6. The van der Waals surface area contributed by atoms with Crippen LogP contribution in [0, 0.1) is 6.92 Å². The molecule has 0 aliphatic rings. The van der Waals surface area contributed by atoms with Gasteiger partial charge in [-0.2, -0.15) is 0 Å². The molecular formula is C12H17N3O2. The fourth-order valence-electron chi connectivity index (χ4n) is 1.17. The van der Waals surface area contributed by atoms with Crippen LogP contribution in [0.1, 0.15) is 18.3 Å². The highest BCUT2D eigenvalue weighted by Crippen LogP contribution is 2.01. The van der Waals surface area contributed by atoms with E-state index in [2.05, 4.69) is 21.6 Å². The van der Waals surface area contributed by atoms with Crippen molar-refractivity contribution >= 4 is 5.71 Å². The molecule has 0 atom stereocenters. The van der Waals surface area contributed by atoms with Crippen molar-refractivity contribution in [2.24, 2.45) is 11.1 Å². The molecule has 1 rings (SSSR count). The molecule has 1 aromatic rings. The van der Waals surface area contributed by atoms with E-state index in [4.69, 9.17) is 10.7 Å². The number of aryl methyl sites for hydroxylation is 1. The average molecular weight is 235 g/mol. The predicted molar refractivity (Wildman–Crippen MR) is 66.4 cm³/mol. The smallest absolute Gasteiger partial charge is 0.140 e. The van der Waals surface area contributed by atoms with Crippen LogP contribution in [0.15, 0.2) is 35.5 Å². The fourth-order valence-corrected chi connectivity index (χ4v) is 1.17. The first kappa shape index (κ1) is 13.3. The lowest BCUT2D eigenvalue weighted by Gasteiger charge is -2.04.